The molecule has 1 fully saturated rings. The van der Waals surface area contributed by atoms with Crippen molar-refractivity contribution in [3.8, 4) is 0 Å². The van der Waals surface area contributed by atoms with Crippen LogP contribution in [-0.4, -0.2) is 22.8 Å². The van der Waals surface area contributed by atoms with Crippen molar-refractivity contribution < 1.29 is 5.11 Å². The molecule has 0 heterocycles. The summed E-state index contributed by atoms with van der Waals surface area (Å²) in [6, 6.07) is 0.577. The Hall–Kier alpha value is -0.0800. The molecule has 15 heavy (non-hydrogen) atoms. The average molecular weight is 213 g/mol. The van der Waals surface area contributed by atoms with Crippen LogP contribution in [0.4, 0.5) is 0 Å². The highest BCUT2D eigenvalue weighted by Crippen LogP contribution is 2.29. The van der Waals surface area contributed by atoms with Crippen LogP contribution in [0.3, 0.4) is 0 Å². The van der Waals surface area contributed by atoms with Crippen molar-refractivity contribution >= 4 is 0 Å². The molecule has 0 aromatic heterocycles. The van der Waals surface area contributed by atoms with Crippen LogP contribution in [0.25, 0.3) is 0 Å². The van der Waals surface area contributed by atoms with E-state index in [0.717, 1.165) is 11.8 Å². The molecule has 1 aliphatic carbocycles. The van der Waals surface area contributed by atoms with E-state index in [-0.39, 0.29) is 11.6 Å². The lowest BCUT2D eigenvalue weighted by Gasteiger charge is -2.39. The van der Waals surface area contributed by atoms with E-state index in [9.17, 15) is 5.11 Å². The molecule has 2 N–H and O–H groups in total. The van der Waals surface area contributed by atoms with Crippen LogP contribution in [0.2, 0.25) is 0 Å². The largest absolute Gasteiger partial charge is 0.392 e. The zero-order chi connectivity index (χ0) is 11.6. The highest BCUT2D eigenvalue weighted by atomic mass is 16.3. The summed E-state index contributed by atoms with van der Waals surface area (Å²) in [4.78, 5) is 0. The Labute approximate surface area is 94.5 Å². The van der Waals surface area contributed by atoms with Gasteiger partial charge in [-0.2, -0.15) is 0 Å². The van der Waals surface area contributed by atoms with Crippen LogP contribution in [0.5, 0.6) is 0 Å². The van der Waals surface area contributed by atoms with E-state index >= 15 is 0 Å². The van der Waals surface area contributed by atoms with E-state index in [1.54, 1.807) is 0 Å². The molecule has 0 spiro atoms. The zero-order valence-electron chi connectivity index (χ0n) is 10.9. The Bertz CT molecular complexity index is 191. The molecule has 1 saturated carbocycles. The van der Waals surface area contributed by atoms with Crippen molar-refractivity contribution in [2.45, 2.75) is 71.6 Å². The van der Waals surface area contributed by atoms with Crippen LogP contribution < -0.4 is 5.32 Å². The maximum absolute atomic E-state index is 9.68. The Morgan fingerprint density at radius 3 is 2.00 bits per heavy atom. The van der Waals surface area contributed by atoms with E-state index in [1.807, 2.05) is 6.92 Å². The quantitative estimate of drug-likeness (QED) is 0.755. The van der Waals surface area contributed by atoms with E-state index in [1.165, 1.54) is 19.3 Å². The topological polar surface area (TPSA) is 32.3 Å². The van der Waals surface area contributed by atoms with Gasteiger partial charge in [0.15, 0.2) is 0 Å². The second-order valence-corrected chi connectivity index (χ2v) is 6.16. The van der Waals surface area contributed by atoms with Crippen LogP contribution in [0.15, 0.2) is 0 Å². The number of hydrogen-bond donors (Lipinski definition) is 2. The maximum atomic E-state index is 9.68. The van der Waals surface area contributed by atoms with Gasteiger partial charge in [-0.3, -0.25) is 0 Å². The Balaban J connectivity index is 2.50. The van der Waals surface area contributed by atoms with Gasteiger partial charge >= 0.3 is 0 Å². The molecular weight excluding hydrogens is 186 g/mol. The van der Waals surface area contributed by atoms with Gasteiger partial charge in [-0.05, 0) is 51.9 Å². The third-order valence-corrected chi connectivity index (χ3v) is 3.80. The van der Waals surface area contributed by atoms with E-state index in [0.29, 0.717) is 6.04 Å². The van der Waals surface area contributed by atoms with Gasteiger partial charge in [0.1, 0.15) is 0 Å². The van der Waals surface area contributed by atoms with Crippen molar-refractivity contribution in [3.05, 3.63) is 0 Å². The van der Waals surface area contributed by atoms with Crippen LogP contribution in [0.1, 0.15) is 53.9 Å². The molecule has 0 radical (unpaired) electrons. The van der Waals surface area contributed by atoms with Gasteiger partial charge in [-0.15, -0.1) is 0 Å². The summed E-state index contributed by atoms with van der Waals surface area (Å²) in [7, 11) is 0. The third kappa shape index (κ3) is 3.76. The molecule has 0 aliphatic heterocycles. The first-order valence-corrected chi connectivity index (χ1v) is 6.27. The smallest absolute Gasteiger partial charge is 0.0688 e. The minimum absolute atomic E-state index is 0.165. The molecule has 2 nitrogen and oxygen atoms in total. The van der Waals surface area contributed by atoms with Gasteiger partial charge in [0, 0.05) is 11.6 Å². The molecule has 0 saturated heterocycles. The molecule has 90 valence electrons. The first-order chi connectivity index (χ1) is 6.81. The van der Waals surface area contributed by atoms with Gasteiger partial charge in [0.25, 0.3) is 0 Å². The van der Waals surface area contributed by atoms with Gasteiger partial charge in [-0.25, -0.2) is 0 Å². The monoisotopic (exact) mass is 213 g/mol. The summed E-state index contributed by atoms with van der Waals surface area (Å²) in [6.45, 7) is 10.7. The fourth-order valence-corrected chi connectivity index (χ4v) is 2.71. The van der Waals surface area contributed by atoms with Gasteiger partial charge in [0.05, 0.1) is 6.10 Å². The number of rotatable bonds is 3. The SMILES string of the molecule is CC1CC(C)CC(NC(C)(C)C(C)O)C1. The molecule has 3 unspecified atom stereocenters. The number of nitrogens with one attached hydrogen (secondary N) is 1. The number of aliphatic hydroxyl groups excluding tert-OH is 1. The van der Waals surface area contributed by atoms with Crippen molar-refractivity contribution in [1.82, 2.24) is 5.32 Å². The fourth-order valence-electron chi connectivity index (χ4n) is 2.71. The minimum atomic E-state index is -0.301. The normalized spacial score (nSPS) is 35.2. The molecule has 0 bridgehead atoms. The molecular formula is C13H27NO. The van der Waals surface area contributed by atoms with Crippen LogP contribution in [-0.2, 0) is 0 Å². The van der Waals surface area contributed by atoms with Crippen molar-refractivity contribution in [1.29, 1.82) is 0 Å². The number of aliphatic hydroxyl groups is 1. The summed E-state index contributed by atoms with van der Waals surface area (Å²) in [5, 5.41) is 13.3. The summed E-state index contributed by atoms with van der Waals surface area (Å²) in [5.41, 5.74) is -0.165. The van der Waals surface area contributed by atoms with Crippen LogP contribution >= 0.6 is 0 Å². The summed E-state index contributed by atoms with van der Waals surface area (Å²) in [6.07, 6.45) is 3.55. The standard InChI is InChI=1S/C13H27NO/c1-9-6-10(2)8-12(7-9)14-13(4,5)11(3)15/h9-12,14-15H,6-8H2,1-5H3. The highest BCUT2D eigenvalue weighted by molar-refractivity contribution is 4.89. The predicted molar refractivity (Wildman–Crippen MR) is 64.9 cm³/mol. The Morgan fingerprint density at radius 2 is 1.60 bits per heavy atom. The lowest BCUT2D eigenvalue weighted by atomic mass is 9.79. The maximum Gasteiger partial charge on any atom is 0.0688 e. The first kappa shape index (κ1) is 13.0. The van der Waals surface area contributed by atoms with E-state index in [2.05, 4.69) is 33.0 Å². The summed E-state index contributed by atoms with van der Waals surface area (Å²) >= 11 is 0. The highest BCUT2D eigenvalue weighted by Gasteiger charge is 2.31. The van der Waals surface area contributed by atoms with Crippen molar-refractivity contribution in [2.75, 3.05) is 0 Å². The molecule has 3 atom stereocenters. The second kappa shape index (κ2) is 4.84. The van der Waals surface area contributed by atoms with Crippen molar-refractivity contribution in [2.24, 2.45) is 11.8 Å². The molecule has 0 aromatic carbocycles. The number of hydrogen-bond acceptors (Lipinski definition) is 2. The molecule has 0 aromatic rings. The Morgan fingerprint density at radius 1 is 1.13 bits per heavy atom. The second-order valence-electron chi connectivity index (χ2n) is 6.16. The molecule has 1 aliphatic rings. The van der Waals surface area contributed by atoms with Crippen molar-refractivity contribution in [3.63, 3.8) is 0 Å². The molecule has 0 amide bonds. The van der Waals surface area contributed by atoms with Gasteiger partial charge in [0.2, 0.25) is 0 Å². The first-order valence-electron chi connectivity index (χ1n) is 6.27. The zero-order valence-corrected chi connectivity index (χ0v) is 10.9. The minimum Gasteiger partial charge on any atom is -0.392 e. The molecule has 2 heteroatoms. The predicted octanol–water partition coefficient (Wildman–Crippen LogP) is 2.56. The Kier molecular flexibility index (Phi) is 4.19. The van der Waals surface area contributed by atoms with Gasteiger partial charge in [-0.1, -0.05) is 13.8 Å². The van der Waals surface area contributed by atoms with E-state index in [4.69, 9.17) is 0 Å². The fraction of sp³-hybridized carbons (Fsp3) is 1.00. The van der Waals surface area contributed by atoms with Crippen LogP contribution in [0, 0.1) is 11.8 Å². The third-order valence-electron chi connectivity index (χ3n) is 3.80. The van der Waals surface area contributed by atoms with E-state index < -0.39 is 0 Å². The lowest BCUT2D eigenvalue weighted by molar-refractivity contribution is 0.0753. The molecule has 1 rings (SSSR count). The average Bonchev–Trinajstić information content (AvgIpc) is 1.99. The summed E-state index contributed by atoms with van der Waals surface area (Å²) < 4.78 is 0. The van der Waals surface area contributed by atoms with Gasteiger partial charge < -0.3 is 10.4 Å². The summed E-state index contributed by atoms with van der Waals surface area (Å²) in [5.74, 6) is 1.63. The lowest BCUT2D eigenvalue weighted by Crippen LogP contribution is -2.54.